The van der Waals surface area contributed by atoms with Gasteiger partial charge in [-0.1, -0.05) is 72.3 Å². The fraction of sp³-hybridized carbons (Fsp3) is 0.143. The van der Waals surface area contributed by atoms with Crippen molar-refractivity contribution in [2.45, 2.75) is 13.2 Å². The Morgan fingerprint density at radius 2 is 1.16 bits per heavy atom. The van der Waals surface area contributed by atoms with Crippen LogP contribution in [0.15, 0.2) is 84.9 Å². The van der Waals surface area contributed by atoms with E-state index in [1.54, 1.807) is 12.1 Å². The minimum atomic E-state index is -0.549. The zero-order valence-corrected chi connectivity index (χ0v) is 21.6. The minimum absolute atomic E-state index is 0.123. The van der Waals surface area contributed by atoms with Crippen LogP contribution in [0.3, 0.4) is 0 Å². The Labute approximate surface area is 225 Å². The quantitative estimate of drug-likeness (QED) is 0.241. The number of ether oxygens (including phenoxy) is 4. The third kappa shape index (κ3) is 8.79. The van der Waals surface area contributed by atoms with Crippen molar-refractivity contribution in [2.75, 3.05) is 20.0 Å². The lowest BCUT2D eigenvalue weighted by Gasteiger charge is -2.08. The number of anilines is 1. The molecule has 4 aromatic rings. The molecule has 0 radical (unpaired) electrons. The van der Waals surface area contributed by atoms with E-state index >= 15 is 0 Å². The Morgan fingerprint density at radius 1 is 0.711 bits per heavy atom. The summed E-state index contributed by atoms with van der Waals surface area (Å²) in [5.74, 6) is 0.0795. The number of nitrogens with two attached hydrogens (primary N) is 1. The summed E-state index contributed by atoms with van der Waals surface area (Å²) >= 11 is 5.83. The molecule has 196 valence electrons. The molecule has 2 aromatic carbocycles. The van der Waals surface area contributed by atoms with E-state index in [9.17, 15) is 9.59 Å². The highest BCUT2D eigenvalue weighted by Crippen LogP contribution is 2.20. The highest BCUT2D eigenvalue weighted by molar-refractivity contribution is 6.29. The molecule has 0 atom stereocenters. The van der Waals surface area contributed by atoms with E-state index in [4.69, 9.17) is 26.8 Å². The molecule has 2 aromatic heterocycles. The van der Waals surface area contributed by atoms with Crippen LogP contribution in [-0.2, 0) is 22.7 Å². The molecule has 0 saturated carbocycles. The Hall–Kier alpha value is -4.63. The number of carbonyl (C=O) groups is 2. The first kappa shape index (κ1) is 27.9. The molecule has 0 bridgehead atoms. The second kappa shape index (κ2) is 14.2. The Balaban J connectivity index is 0.000000211. The molecule has 0 fully saturated rings. The summed E-state index contributed by atoms with van der Waals surface area (Å²) < 4.78 is 20.3. The number of rotatable bonds is 8. The van der Waals surface area contributed by atoms with Gasteiger partial charge in [-0.25, -0.2) is 19.6 Å². The van der Waals surface area contributed by atoms with Crippen molar-refractivity contribution in [3.63, 3.8) is 0 Å². The third-order valence-corrected chi connectivity index (χ3v) is 5.07. The van der Waals surface area contributed by atoms with Crippen LogP contribution in [0, 0.1) is 0 Å². The Kier molecular flexibility index (Phi) is 10.4. The molecule has 0 saturated heterocycles. The fourth-order valence-electron chi connectivity index (χ4n) is 3.07. The summed E-state index contributed by atoms with van der Waals surface area (Å²) in [5.41, 5.74) is 7.92. The first-order chi connectivity index (χ1) is 18.4. The van der Waals surface area contributed by atoms with Crippen LogP contribution in [0.4, 0.5) is 5.82 Å². The first-order valence-electron chi connectivity index (χ1n) is 11.3. The molecule has 0 aliphatic heterocycles. The molecule has 4 rings (SSSR count). The van der Waals surface area contributed by atoms with Gasteiger partial charge in [0.1, 0.15) is 35.7 Å². The van der Waals surface area contributed by atoms with Gasteiger partial charge in [-0.05, 0) is 11.1 Å². The van der Waals surface area contributed by atoms with Crippen molar-refractivity contribution >= 4 is 29.4 Å². The number of nitrogens with zero attached hydrogens (tertiary/aromatic N) is 2. The van der Waals surface area contributed by atoms with Crippen LogP contribution in [-0.4, -0.2) is 36.1 Å². The van der Waals surface area contributed by atoms with Crippen molar-refractivity contribution in [2.24, 2.45) is 0 Å². The molecule has 2 heterocycles. The normalized spacial score (nSPS) is 9.97. The predicted molar refractivity (Wildman–Crippen MR) is 142 cm³/mol. The maximum absolute atomic E-state index is 11.4. The van der Waals surface area contributed by atoms with Crippen LogP contribution >= 0.6 is 11.6 Å². The molecule has 0 aliphatic carbocycles. The largest absolute Gasteiger partial charge is 0.489 e. The van der Waals surface area contributed by atoms with Crippen molar-refractivity contribution in [1.29, 1.82) is 0 Å². The van der Waals surface area contributed by atoms with Gasteiger partial charge in [0.05, 0.1) is 14.2 Å². The number of methoxy groups -OCH3 is 2. The first-order valence-corrected chi connectivity index (χ1v) is 11.7. The topological polar surface area (TPSA) is 123 Å². The predicted octanol–water partition coefficient (Wildman–Crippen LogP) is 5.13. The monoisotopic (exact) mass is 535 g/mol. The van der Waals surface area contributed by atoms with Crippen LogP contribution in [0.25, 0.3) is 0 Å². The molecule has 38 heavy (non-hydrogen) atoms. The second-order valence-corrected chi connectivity index (χ2v) is 8.04. The van der Waals surface area contributed by atoms with E-state index in [0.29, 0.717) is 24.7 Å². The van der Waals surface area contributed by atoms with Gasteiger partial charge >= 0.3 is 11.9 Å². The van der Waals surface area contributed by atoms with E-state index in [0.717, 1.165) is 11.1 Å². The second-order valence-electron chi connectivity index (χ2n) is 7.66. The molecular weight excluding hydrogens is 510 g/mol. The number of carbonyl (C=O) groups excluding carboxylic acids is 2. The van der Waals surface area contributed by atoms with Crippen molar-refractivity contribution in [3.05, 3.63) is 113 Å². The molecule has 0 aliphatic rings. The maximum Gasteiger partial charge on any atom is 0.356 e. The number of aromatic nitrogens is 2. The molecule has 9 nitrogen and oxygen atoms in total. The number of halogens is 1. The third-order valence-electron chi connectivity index (χ3n) is 4.87. The number of pyridine rings is 2. The van der Waals surface area contributed by atoms with Gasteiger partial charge in [0, 0.05) is 24.3 Å². The zero-order valence-electron chi connectivity index (χ0n) is 20.8. The number of esters is 2. The molecule has 2 N–H and O–H groups in total. The molecular formula is C28H26ClN3O6. The molecule has 0 unspecified atom stereocenters. The van der Waals surface area contributed by atoms with Gasteiger partial charge in [-0.3, -0.25) is 0 Å². The van der Waals surface area contributed by atoms with Gasteiger partial charge in [0.15, 0.2) is 11.4 Å². The smallest absolute Gasteiger partial charge is 0.356 e. The van der Waals surface area contributed by atoms with Crippen molar-refractivity contribution in [1.82, 2.24) is 9.97 Å². The zero-order chi connectivity index (χ0) is 27.3. The minimum Gasteiger partial charge on any atom is -0.489 e. The maximum atomic E-state index is 11.4. The fourth-order valence-corrected chi connectivity index (χ4v) is 3.26. The standard InChI is InChI=1S/C14H12ClNO3.C14H14N2O3/c2*1-18-14(17)12-7-11(8-13(15)16-12)19-9-10-5-3-2-4-6-10/h2-8H,9H2,1H3;2-8H,9H2,1H3,(H2,15,16). The number of benzene rings is 2. The lowest BCUT2D eigenvalue weighted by atomic mass is 10.2. The SMILES string of the molecule is COC(=O)c1cc(OCc2ccccc2)cc(Cl)n1.COC(=O)c1cc(OCc2ccccc2)cc(N)n1. The summed E-state index contributed by atoms with van der Waals surface area (Å²) in [5, 5.41) is 0.186. The van der Waals surface area contributed by atoms with Gasteiger partial charge in [-0.15, -0.1) is 0 Å². The number of nitrogen functional groups attached to an aromatic ring is 1. The summed E-state index contributed by atoms with van der Waals surface area (Å²) in [6.07, 6.45) is 0. The highest BCUT2D eigenvalue weighted by Gasteiger charge is 2.11. The summed E-state index contributed by atoms with van der Waals surface area (Å²) in [6, 6.07) is 25.5. The van der Waals surface area contributed by atoms with Gasteiger partial charge in [0.2, 0.25) is 0 Å². The van der Waals surface area contributed by atoms with Crippen LogP contribution in [0.2, 0.25) is 5.15 Å². The van der Waals surface area contributed by atoms with Gasteiger partial charge in [-0.2, -0.15) is 0 Å². The summed E-state index contributed by atoms with van der Waals surface area (Å²) in [4.78, 5) is 30.5. The van der Waals surface area contributed by atoms with Crippen molar-refractivity contribution < 1.29 is 28.5 Å². The Morgan fingerprint density at radius 3 is 1.63 bits per heavy atom. The lowest BCUT2D eigenvalue weighted by Crippen LogP contribution is -2.07. The van der Waals surface area contributed by atoms with E-state index in [2.05, 4.69) is 19.4 Å². The molecule has 0 spiro atoms. The van der Waals surface area contributed by atoms with E-state index in [1.807, 2.05) is 60.7 Å². The molecule has 0 amide bonds. The summed E-state index contributed by atoms with van der Waals surface area (Å²) in [6.45, 7) is 0.784. The van der Waals surface area contributed by atoms with Crippen LogP contribution in [0.1, 0.15) is 32.1 Å². The Bertz CT molecular complexity index is 1250. The number of hydrogen-bond acceptors (Lipinski definition) is 9. The highest BCUT2D eigenvalue weighted by atomic mass is 35.5. The van der Waals surface area contributed by atoms with Gasteiger partial charge < -0.3 is 24.7 Å². The van der Waals surface area contributed by atoms with E-state index < -0.39 is 11.9 Å². The van der Waals surface area contributed by atoms with Gasteiger partial charge in [0.25, 0.3) is 0 Å². The van der Waals surface area contributed by atoms with Crippen molar-refractivity contribution in [3.8, 4) is 11.5 Å². The average molecular weight is 536 g/mol. The summed E-state index contributed by atoms with van der Waals surface area (Å²) in [7, 11) is 2.58. The lowest BCUT2D eigenvalue weighted by molar-refractivity contribution is 0.0585. The van der Waals surface area contributed by atoms with Crippen LogP contribution < -0.4 is 15.2 Å². The van der Waals surface area contributed by atoms with Crippen LogP contribution in [0.5, 0.6) is 11.5 Å². The van der Waals surface area contributed by atoms with E-state index in [1.165, 1.54) is 26.4 Å². The average Bonchev–Trinajstić information content (AvgIpc) is 2.95. The number of hydrogen-bond donors (Lipinski definition) is 1. The molecule has 10 heteroatoms. The van der Waals surface area contributed by atoms with E-state index in [-0.39, 0.29) is 22.4 Å².